The Kier molecular flexibility index (Phi) is 12.4. The molecule has 11 nitrogen and oxygen atoms in total. The topological polar surface area (TPSA) is 115 Å². The average molecular weight is 853 g/mol. The third-order valence-corrected chi connectivity index (χ3v) is 12.3. The average Bonchev–Trinajstić information content (AvgIpc) is 3.87. The first-order valence-corrected chi connectivity index (χ1v) is 21.1. The summed E-state index contributed by atoms with van der Waals surface area (Å²) in [6.07, 6.45) is -1.56. The first-order valence-electron chi connectivity index (χ1n) is 20.3. The number of likely N-dealkylation sites (N-methyl/N-ethyl adjacent to an activating group) is 1. The van der Waals surface area contributed by atoms with Gasteiger partial charge in [-0.3, -0.25) is 14.6 Å². The van der Waals surface area contributed by atoms with Crippen LogP contribution in [-0.2, 0) is 29.1 Å². The zero-order chi connectivity index (χ0) is 42.7. The van der Waals surface area contributed by atoms with Crippen LogP contribution in [0.15, 0.2) is 102 Å². The number of pyridine rings is 1. The van der Waals surface area contributed by atoms with E-state index in [-0.39, 0.29) is 24.6 Å². The van der Waals surface area contributed by atoms with Crippen LogP contribution in [0.2, 0.25) is 0 Å². The summed E-state index contributed by atoms with van der Waals surface area (Å²) in [6.45, 7) is 8.36. The van der Waals surface area contributed by atoms with E-state index in [0.29, 0.717) is 36.1 Å². The maximum Gasteiger partial charge on any atom is 0.408 e. The molecule has 4 heterocycles. The Bertz CT molecular complexity index is 2610. The van der Waals surface area contributed by atoms with E-state index in [0.717, 1.165) is 92.2 Å². The van der Waals surface area contributed by atoms with Crippen molar-refractivity contribution in [3.05, 3.63) is 119 Å². The molecule has 3 aromatic carbocycles. The minimum absolute atomic E-state index is 0.110. The Morgan fingerprint density at radius 3 is 2.51 bits per heavy atom. The molecule has 2 aliphatic rings. The number of carbonyl (C=O) groups is 1. The first kappa shape index (κ1) is 41.9. The monoisotopic (exact) mass is 852 g/mol. The van der Waals surface area contributed by atoms with Crippen LogP contribution in [0.25, 0.3) is 37.7 Å². The molecule has 6 aromatic rings. The molecule has 1 N–H and O–H groups in total. The molecule has 0 bridgehead atoms. The summed E-state index contributed by atoms with van der Waals surface area (Å²) in [4.78, 5) is 22.9. The molecule has 0 amide bonds. The van der Waals surface area contributed by atoms with E-state index < -0.39 is 24.8 Å². The normalized spacial score (nSPS) is 16.1. The van der Waals surface area contributed by atoms with Gasteiger partial charge >= 0.3 is 12.1 Å². The van der Waals surface area contributed by atoms with Crippen LogP contribution in [0, 0.1) is 0 Å². The van der Waals surface area contributed by atoms with E-state index in [1.165, 1.54) is 23.8 Å². The van der Waals surface area contributed by atoms with Crippen molar-refractivity contribution in [1.29, 1.82) is 0 Å². The number of alkyl halides is 3. The minimum Gasteiger partial charge on any atom is -0.496 e. The van der Waals surface area contributed by atoms with Crippen molar-refractivity contribution in [1.82, 2.24) is 28.9 Å². The Hall–Kier alpha value is -5.77. The molecule has 1 aliphatic carbocycles. The van der Waals surface area contributed by atoms with E-state index in [4.69, 9.17) is 23.6 Å². The SMILES string of the molecule is CC1=C(OCCN2CCN(C)CC2)CCC(c2c(-c3cccc4ccccc34)ncc3snc(O[C@H](Cc4ccccc4OCc4ccnn4CC(F)(F)F)C(=O)O)c23)=C1C. The van der Waals surface area contributed by atoms with Gasteiger partial charge < -0.3 is 24.2 Å². The lowest BCUT2D eigenvalue weighted by Crippen LogP contribution is -2.45. The lowest BCUT2D eigenvalue weighted by atomic mass is 9.83. The second-order valence-corrected chi connectivity index (χ2v) is 16.3. The lowest BCUT2D eigenvalue weighted by molar-refractivity contribution is -0.145. The molecule has 1 saturated heterocycles. The number of nitrogens with zero attached hydrogens (tertiary/aromatic N) is 6. The summed E-state index contributed by atoms with van der Waals surface area (Å²) in [5.41, 5.74) is 6.42. The summed E-state index contributed by atoms with van der Waals surface area (Å²) in [6, 6.07) is 22.6. The zero-order valence-electron chi connectivity index (χ0n) is 34.2. The quantitative estimate of drug-likeness (QED) is 0.107. The second-order valence-electron chi connectivity index (χ2n) is 15.5. The van der Waals surface area contributed by atoms with Gasteiger partial charge in [-0.2, -0.15) is 22.6 Å². The number of hydrogen-bond donors (Lipinski definition) is 1. The van der Waals surface area contributed by atoms with Crippen LogP contribution < -0.4 is 9.47 Å². The molecule has 0 spiro atoms. The molecule has 8 rings (SSSR count). The molecule has 61 heavy (non-hydrogen) atoms. The zero-order valence-corrected chi connectivity index (χ0v) is 35.1. The van der Waals surface area contributed by atoms with Crippen LogP contribution in [0.5, 0.6) is 11.6 Å². The van der Waals surface area contributed by atoms with Crippen LogP contribution in [-0.4, -0.2) is 98.7 Å². The highest BCUT2D eigenvalue weighted by atomic mass is 32.1. The molecular formula is C46H47F3N6O5S. The molecule has 0 saturated carbocycles. The van der Waals surface area contributed by atoms with Gasteiger partial charge in [0, 0.05) is 69.1 Å². The number of piperazine rings is 1. The molecule has 3 aromatic heterocycles. The Morgan fingerprint density at radius 2 is 1.70 bits per heavy atom. The van der Waals surface area contributed by atoms with Crippen molar-refractivity contribution in [3.63, 3.8) is 0 Å². The van der Waals surface area contributed by atoms with Gasteiger partial charge in [-0.1, -0.05) is 60.7 Å². The highest BCUT2D eigenvalue weighted by Crippen LogP contribution is 2.47. The number of aromatic nitrogens is 4. The van der Waals surface area contributed by atoms with Crippen LogP contribution >= 0.6 is 11.5 Å². The van der Waals surface area contributed by atoms with E-state index in [9.17, 15) is 23.1 Å². The molecule has 1 fully saturated rings. The van der Waals surface area contributed by atoms with Crippen LogP contribution in [0.3, 0.4) is 0 Å². The minimum atomic E-state index is -4.46. The number of benzene rings is 3. The van der Waals surface area contributed by atoms with Crippen molar-refractivity contribution in [2.45, 2.75) is 58.5 Å². The predicted octanol–water partition coefficient (Wildman–Crippen LogP) is 9.03. The van der Waals surface area contributed by atoms with Crippen LogP contribution in [0.1, 0.15) is 43.5 Å². The molecule has 0 radical (unpaired) electrons. The number of carboxylic acids is 1. The van der Waals surface area contributed by atoms with E-state index in [1.54, 1.807) is 30.5 Å². The fourth-order valence-electron chi connectivity index (χ4n) is 8.11. The van der Waals surface area contributed by atoms with Gasteiger partial charge in [0.25, 0.3) is 0 Å². The Balaban J connectivity index is 1.14. The summed E-state index contributed by atoms with van der Waals surface area (Å²) >= 11 is 1.19. The molecule has 15 heteroatoms. The largest absolute Gasteiger partial charge is 0.496 e. The number of hydrogen-bond acceptors (Lipinski definition) is 10. The number of halogens is 3. The van der Waals surface area contributed by atoms with Gasteiger partial charge in [0.15, 0.2) is 0 Å². The van der Waals surface area contributed by atoms with Crippen LogP contribution in [0.4, 0.5) is 13.2 Å². The number of para-hydroxylation sites is 1. The first-order chi connectivity index (χ1) is 29.4. The van der Waals surface area contributed by atoms with Gasteiger partial charge in [-0.25, -0.2) is 4.79 Å². The number of aliphatic carboxylic acids is 1. The summed E-state index contributed by atoms with van der Waals surface area (Å²) in [5.74, 6) is 0.250. The maximum atomic E-state index is 13.2. The number of fused-ring (bicyclic) bond motifs is 2. The van der Waals surface area contributed by atoms with Crippen molar-refractivity contribution in [3.8, 4) is 22.9 Å². The number of ether oxygens (including phenoxy) is 3. The molecule has 318 valence electrons. The number of rotatable bonds is 15. The van der Waals surface area contributed by atoms with E-state index >= 15 is 0 Å². The van der Waals surface area contributed by atoms with Gasteiger partial charge in [0.1, 0.15) is 25.5 Å². The highest BCUT2D eigenvalue weighted by Gasteiger charge is 2.31. The van der Waals surface area contributed by atoms with E-state index in [1.807, 2.05) is 18.2 Å². The molecule has 1 aliphatic heterocycles. The van der Waals surface area contributed by atoms with Crippen molar-refractivity contribution >= 4 is 43.9 Å². The lowest BCUT2D eigenvalue weighted by Gasteiger charge is -2.32. The third-order valence-electron chi connectivity index (χ3n) is 11.6. The van der Waals surface area contributed by atoms with Gasteiger partial charge in [-0.05, 0) is 84.0 Å². The molecular weight excluding hydrogens is 806 g/mol. The van der Waals surface area contributed by atoms with Crippen molar-refractivity contribution < 1.29 is 37.3 Å². The summed E-state index contributed by atoms with van der Waals surface area (Å²) in [5, 5.41) is 17.2. The van der Waals surface area contributed by atoms with Gasteiger partial charge in [0.2, 0.25) is 12.0 Å². The molecule has 1 atom stereocenters. The second kappa shape index (κ2) is 18.1. The Labute approximate surface area is 355 Å². The summed E-state index contributed by atoms with van der Waals surface area (Å²) in [7, 11) is 2.15. The standard InChI is InChI=1S/C46H47F3N6O5S/c1-29-30(2)37(58-24-23-54-21-19-53(3)20-22-54)16-15-34(29)41-42-40(26-50-43(41)36-13-8-11-31-9-4-6-12-35(31)36)61-52-44(42)60-39(45(56)57)25-32-10-5-7-14-38(32)59-27-33-17-18-51-55(33)28-46(47,48)49/h4-14,17-18,26,39H,15-16,19-25,27-28H2,1-3H3,(H,56,57)/t39-/m1/s1. The van der Waals surface area contributed by atoms with Crippen molar-refractivity contribution in [2.75, 3.05) is 46.4 Å². The smallest absolute Gasteiger partial charge is 0.408 e. The summed E-state index contributed by atoms with van der Waals surface area (Å²) < 4.78 is 64.7. The molecule has 0 unspecified atom stereocenters. The predicted molar refractivity (Wildman–Crippen MR) is 230 cm³/mol. The third kappa shape index (κ3) is 9.43. The number of carboxylic acid groups (broad SMARTS) is 1. The Morgan fingerprint density at radius 1 is 0.934 bits per heavy atom. The highest BCUT2D eigenvalue weighted by molar-refractivity contribution is 7.13. The maximum absolute atomic E-state index is 13.2. The number of allylic oxidation sites excluding steroid dienone is 4. The van der Waals surface area contributed by atoms with Gasteiger partial charge in [-0.15, -0.1) is 0 Å². The fraction of sp³-hybridized carbons (Fsp3) is 0.348. The fourth-order valence-corrected chi connectivity index (χ4v) is 8.80. The van der Waals surface area contributed by atoms with E-state index in [2.05, 4.69) is 60.1 Å². The van der Waals surface area contributed by atoms with Gasteiger partial charge in [0.05, 0.1) is 27.2 Å². The van der Waals surface area contributed by atoms with Crippen molar-refractivity contribution in [2.24, 2.45) is 0 Å².